The molecule has 0 heterocycles. The van der Waals surface area contributed by atoms with Crippen LogP contribution in [-0.4, -0.2) is 14.5 Å². The third kappa shape index (κ3) is 2.30. The standard InChI is InChI=1S/C14H22N2O2S/c1-13(2)12(14(13,3)4)16-19(17,18)11-7-5-10(9-15)6-8-11/h5-8,12,16H,9,15H2,1-4H3. The van der Waals surface area contributed by atoms with E-state index in [0.717, 1.165) is 5.56 Å². The molecule has 1 aliphatic rings. The summed E-state index contributed by atoms with van der Waals surface area (Å²) in [4.78, 5) is 0.295. The maximum absolute atomic E-state index is 12.3. The lowest BCUT2D eigenvalue weighted by Gasteiger charge is -2.08. The van der Waals surface area contributed by atoms with Gasteiger partial charge in [0.1, 0.15) is 0 Å². The van der Waals surface area contributed by atoms with Crippen molar-refractivity contribution in [3.8, 4) is 0 Å². The second-order valence-electron chi connectivity index (χ2n) is 6.35. The Morgan fingerprint density at radius 3 is 1.95 bits per heavy atom. The van der Waals surface area contributed by atoms with Crippen LogP contribution in [0.25, 0.3) is 0 Å². The van der Waals surface area contributed by atoms with E-state index in [-0.39, 0.29) is 16.9 Å². The second-order valence-corrected chi connectivity index (χ2v) is 8.06. The molecular weight excluding hydrogens is 260 g/mol. The van der Waals surface area contributed by atoms with Gasteiger partial charge in [0.2, 0.25) is 10.0 Å². The van der Waals surface area contributed by atoms with Gasteiger partial charge in [-0.05, 0) is 28.5 Å². The van der Waals surface area contributed by atoms with E-state index in [1.54, 1.807) is 24.3 Å². The average Bonchev–Trinajstić information content (AvgIpc) is 2.71. The molecule has 106 valence electrons. The summed E-state index contributed by atoms with van der Waals surface area (Å²) >= 11 is 0. The molecule has 0 unspecified atom stereocenters. The smallest absolute Gasteiger partial charge is 0.240 e. The minimum absolute atomic E-state index is 0.0166. The molecule has 0 aromatic heterocycles. The van der Waals surface area contributed by atoms with Gasteiger partial charge in [-0.25, -0.2) is 13.1 Å². The Morgan fingerprint density at radius 2 is 1.58 bits per heavy atom. The topological polar surface area (TPSA) is 72.2 Å². The largest absolute Gasteiger partial charge is 0.326 e. The molecular formula is C14H22N2O2S. The summed E-state index contributed by atoms with van der Waals surface area (Å²) in [7, 11) is -3.45. The van der Waals surface area contributed by atoms with Gasteiger partial charge in [0.15, 0.2) is 0 Å². The predicted molar refractivity (Wildman–Crippen MR) is 76.0 cm³/mol. The molecule has 1 fully saturated rings. The first-order chi connectivity index (χ1) is 8.63. The quantitative estimate of drug-likeness (QED) is 0.885. The Kier molecular flexibility index (Phi) is 3.28. The first-order valence-electron chi connectivity index (χ1n) is 6.44. The molecule has 1 aromatic rings. The zero-order valence-corrected chi connectivity index (χ0v) is 12.7. The average molecular weight is 282 g/mol. The highest BCUT2D eigenvalue weighted by Crippen LogP contribution is 2.62. The molecule has 19 heavy (non-hydrogen) atoms. The third-order valence-electron chi connectivity index (χ3n) is 4.76. The Bertz CT molecular complexity index is 560. The molecule has 1 aromatic carbocycles. The van der Waals surface area contributed by atoms with Crippen molar-refractivity contribution in [2.45, 2.75) is 45.2 Å². The van der Waals surface area contributed by atoms with E-state index in [1.165, 1.54) is 0 Å². The minimum atomic E-state index is -3.45. The summed E-state index contributed by atoms with van der Waals surface area (Å²) < 4.78 is 27.4. The Balaban J connectivity index is 2.20. The van der Waals surface area contributed by atoms with Crippen LogP contribution < -0.4 is 10.5 Å². The van der Waals surface area contributed by atoms with Crippen LogP contribution in [0.5, 0.6) is 0 Å². The fourth-order valence-corrected chi connectivity index (χ4v) is 4.05. The number of nitrogens with one attached hydrogen (secondary N) is 1. The molecule has 0 amide bonds. The molecule has 0 spiro atoms. The monoisotopic (exact) mass is 282 g/mol. The van der Waals surface area contributed by atoms with Gasteiger partial charge >= 0.3 is 0 Å². The van der Waals surface area contributed by atoms with Crippen LogP contribution in [0.4, 0.5) is 0 Å². The SMILES string of the molecule is CC1(C)C(NS(=O)(=O)c2ccc(CN)cc2)C1(C)C. The third-order valence-corrected chi connectivity index (χ3v) is 6.20. The maximum atomic E-state index is 12.3. The van der Waals surface area contributed by atoms with Crippen molar-refractivity contribution < 1.29 is 8.42 Å². The van der Waals surface area contributed by atoms with Crippen LogP contribution in [-0.2, 0) is 16.6 Å². The summed E-state index contributed by atoms with van der Waals surface area (Å²) in [5, 5.41) is 0. The van der Waals surface area contributed by atoms with E-state index in [0.29, 0.717) is 11.4 Å². The van der Waals surface area contributed by atoms with Gasteiger partial charge in [0.05, 0.1) is 4.90 Å². The zero-order chi connectivity index (χ0) is 14.5. The lowest BCUT2D eigenvalue weighted by Crippen LogP contribution is -2.29. The highest BCUT2D eigenvalue weighted by Gasteiger charge is 2.65. The first-order valence-corrected chi connectivity index (χ1v) is 7.92. The lowest BCUT2D eigenvalue weighted by molar-refractivity contribution is 0.457. The van der Waals surface area contributed by atoms with Gasteiger partial charge in [0, 0.05) is 12.6 Å². The first kappa shape index (κ1) is 14.5. The maximum Gasteiger partial charge on any atom is 0.240 e. The van der Waals surface area contributed by atoms with Gasteiger partial charge in [0.25, 0.3) is 0 Å². The van der Waals surface area contributed by atoms with E-state index in [2.05, 4.69) is 32.4 Å². The molecule has 2 rings (SSSR count). The molecule has 3 N–H and O–H groups in total. The van der Waals surface area contributed by atoms with Crippen molar-refractivity contribution >= 4 is 10.0 Å². The normalized spacial score (nSPS) is 21.3. The number of benzene rings is 1. The molecule has 0 radical (unpaired) electrons. The molecule has 0 aliphatic heterocycles. The highest BCUT2D eigenvalue weighted by atomic mass is 32.2. The van der Waals surface area contributed by atoms with Crippen molar-refractivity contribution in [3.63, 3.8) is 0 Å². The number of rotatable bonds is 4. The summed E-state index contributed by atoms with van der Waals surface area (Å²) in [6.07, 6.45) is 0. The van der Waals surface area contributed by atoms with Gasteiger partial charge < -0.3 is 5.73 Å². The molecule has 5 heteroatoms. The summed E-state index contributed by atoms with van der Waals surface area (Å²) in [6.45, 7) is 8.74. The molecule has 0 atom stereocenters. The molecule has 0 saturated heterocycles. The zero-order valence-electron chi connectivity index (χ0n) is 11.9. The van der Waals surface area contributed by atoms with Crippen LogP contribution in [0.2, 0.25) is 0 Å². The number of hydrogen-bond acceptors (Lipinski definition) is 3. The predicted octanol–water partition coefficient (Wildman–Crippen LogP) is 1.86. The highest BCUT2D eigenvalue weighted by molar-refractivity contribution is 7.89. The van der Waals surface area contributed by atoms with E-state index >= 15 is 0 Å². The lowest BCUT2D eigenvalue weighted by atomic mass is 10.0. The molecule has 0 bridgehead atoms. The van der Waals surface area contributed by atoms with Crippen molar-refractivity contribution in [1.82, 2.24) is 4.72 Å². The summed E-state index contributed by atoms with van der Waals surface area (Å²) in [5.74, 6) is 0. The van der Waals surface area contributed by atoms with E-state index < -0.39 is 10.0 Å². The molecule has 1 aliphatic carbocycles. The van der Waals surface area contributed by atoms with Crippen molar-refractivity contribution in [2.24, 2.45) is 16.6 Å². The van der Waals surface area contributed by atoms with Crippen molar-refractivity contribution in [1.29, 1.82) is 0 Å². The summed E-state index contributed by atoms with van der Waals surface area (Å²) in [5.41, 5.74) is 6.39. The number of hydrogen-bond donors (Lipinski definition) is 2. The van der Waals surface area contributed by atoms with Crippen LogP contribution in [0.3, 0.4) is 0 Å². The number of sulfonamides is 1. The van der Waals surface area contributed by atoms with Gasteiger partial charge in [-0.15, -0.1) is 0 Å². The Labute approximate surface area is 115 Å². The van der Waals surface area contributed by atoms with Crippen molar-refractivity contribution in [3.05, 3.63) is 29.8 Å². The van der Waals surface area contributed by atoms with Gasteiger partial charge in [-0.2, -0.15) is 0 Å². The van der Waals surface area contributed by atoms with E-state index in [1.807, 2.05) is 0 Å². The number of nitrogens with two attached hydrogens (primary N) is 1. The van der Waals surface area contributed by atoms with Crippen LogP contribution in [0.15, 0.2) is 29.2 Å². The van der Waals surface area contributed by atoms with E-state index in [9.17, 15) is 8.42 Å². The van der Waals surface area contributed by atoms with Gasteiger partial charge in [-0.1, -0.05) is 39.8 Å². The fraction of sp³-hybridized carbons (Fsp3) is 0.571. The van der Waals surface area contributed by atoms with Crippen LogP contribution >= 0.6 is 0 Å². The second kappa shape index (κ2) is 4.30. The van der Waals surface area contributed by atoms with Crippen molar-refractivity contribution in [2.75, 3.05) is 0 Å². The molecule has 4 nitrogen and oxygen atoms in total. The Hall–Kier alpha value is -0.910. The van der Waals surface area contributed by atoms with E-state index in [4.69, 9.17) is 5.73 Å². The fourth-order valence-electron chi connectivity index (χ4n) is 2.52. The minimum Gasteiger partial charge on any atom is -0.326 e. The summed E-state index contributed by atoms with van der Waals surface area (Å²) in [6, 6.07) is 6.68. The Morgan fingerprint density at radius 1 is 1.11 bits per heavy atom. The molecule has 1 saturated carbocycles. The van der Waals surface area contributed by atoms with Gasteiger partial charge in [-0.3, -0.25) is 0 Å². The van der Waals surface area contributed by atoms with Crippen LogP contribution in [0, 0.1) is 10.8 Å². The van der Waals surface area contributed by atoms with Crippen LogP contribution in [0.1, 0.15) is 33.3 Å².